The Kier molecular flexibility index (Phi) is 10.7. The molecule has 0 unspecified atom stereocenters. The molecule has 3 aromatic heterocycles. The number of hydrogen-bond acceptors (Lipinski definition) is 13. The van der Waals surface area contributed by atoms with Crippen molar-refractivity contribution in [3.8, 4) is 0 Å². The van der Waals surface area contributed by atoms with E-state index in [0.717, 1.165) is 25.7 Å². The zero-order chi connectivity index (χ0) is 34.3. The third-order valence-electron chi connectivity index (χ3n) is 8.94. The van der Waals surface area contributed by atoms with Crippen molar-refractivity contribution in [2.45, 2.75) is 81.6 Å². The Morgan fingerprint density at radius 1 is 0.980 bits per heavy atom. The van der Waals surface area contributed by atoms with Gasteiger partial charge in [-0.3, -0.25) is 9.36 Å². The van der Waals surface area contributed by atoms with Crippen molar-refractivity contribution in [2.75, 3.05) is 17.2 Å². The van der Waals surface area contributed by atoms with Gasteiger partial charge in [-0.25, -0.2) is 4.98 Å². The number of aryl methyl sites for hydroxylation is 1. The summed E-state index contributed by atoms with van der Waals surface area (Å²) in [6.07, 6.45) is 1.15. The molecule has 2 aromatic carbocycles. The summed E-state index contributed by atoms with van der Waals surface area (Å²) in [4.78, 5) is 22.8. The summed E-state index contributed by atoms with van der Waals surface area (Å²) in [6.45, 7) is 2.18. The maximum Gasteiger partial charge on any atom is 0.290 e. The number of hydrogen-bond donors (Lipinski definition) is 6. The molecule has 1 aliphatic heterocycles. The van der Waals surface area contributed by atoms with Gasteiger partial charge in [-0.1, -0.05) is 67.6 Å². The van der Waals surface area contributed by atoms with Crippen LogP contribution < -0.4 is 16.4 Å². The van der Waals surface area contributed by atoms with Gasteiger partial charge in [0, 0.05) is 31.0 Å². The van der Waals surface area contributed by atoms with Crippen LogP contribution in [-0.2, 0) is 16.0 Å². The molecule has 15 heteroatoms. The number of carboxylic acid groups (broad SMARTS) is 1. The van der Waals surface area contributed by atoms with Gasteiger partial charge in [0.2, 0.25) is 17.7 Å². The lowest BCUT2D eigenvalue weighted by Crippen LogP contribution is -2.33. The summed E-state index contributed by atoms with van der Waals surface area (Å²) in [5, 5.41) is 44.1. The van der Waals surface area contributed by atoms with E-state index < -0.39 is 24.5 Å². The van der Waals surface area contributed by atoms with Gasteiger partial charge in [-0.05, 0) is 36.8 Å². The minimum absolute atomic E-state index is 0.0454. The number of aromatic nitrogens is 6. The van der Waals surface area contributed by atoms with E-state index >= 15 is 0 Å². The van der Waals surface area contributed by atoms with Crippen LogP contribution in [0.25, 0.3) is 11.2 Å². The van der Waals surface area contributed by atoms with Crippen LogP contribution in [-0.4, -0.2) is 82.3 Å². The molecule has 2 aliphatic rings. The lowest BCUT2D eigenvalue weighted by molar-refractivity contribution is -0.122. The molecule has 1 saturated heterocycles. The SMILES string of the molecule is CCc1nnc([C@H]2O[C@@H](n3cnc4c(NCC(c5ccccc5)c5ccccc5)nc(N[C@H]5CC[C@H](N)CC5)nc43)[C@H](O)[C@@H]2O)o1.O=CO. The van der Waals surface area contributed by atoms with Gasteiger partial charge in [0.15, 0.2) is 29.3 Å². The lowest BCUT2D eigenvalue weighted by atomic mass is 9.91. The molecule has 2 fully saturated rings. The van der Waals surface area contributed by atoms with Gasteiger partial charge < -0.3 is 40.8 Å². The maximum atomic E-state index is 11.1. The highest BCUT2D eigenvalue weighted by Crippen LogP contribution is 2.40. The van der Waals surface area contributed by atoms with Gasteiger partial charge >= 0.3 is 0 Å². The Morgan fingerprint density at radius 2 is 1.63 bits per heavy atom. The molecule has 4 atom stereocenters. The van der Waals surface area contributed by atoms with Crippen LogP contribution in [0.4, 0.5) is 11.8 Å². The number of rotatable bonds is 10. The van der Waals surface area contributed by atoms with Crippen molar-refractivity contribution >= 4 is 29.4 Å². The number of anilines is 2. The van der Waals surface area contributed by atoms with Crippen molar-refractivity contribution in [1.82, 2.24) is 29.7 Å². The second-order valence-corrected chi connectivity index (χ2v) is 12.2. The van der Waals surface area contributed by atoms with Crippen molar-refractivity contribution in [2.24, 2.45) is 5.73 Å². The zero-order valence-electron chi connectivity index (χ0n) is 27.0. The molecule has 7 N–H and O–H groups in total. The molecular formula is C34H41N9O6. The van der Waals surface area contributed by atoms with Crippen LogP contribution in [0.1, 0.15) is 73.8 Å². The average Bonchev–Trinajstić information content (AvgIpc) is 3.85. The number of carbonyl (C=O) groups is 1. The number of nitrogens with zero attached hydrogens (tertiary/aromatic N) is 6. The highest BCUT2D eigenvalue weighted by Gasteiger charge is 2.47. The monoisotopic (exact) mass is 671 g/mol. The van der Waals surface area contributed by atoms with E-state index in [1.54, 1.807) is 10.9 Å². The van der Waals surface area contributed by atoms with Gasteiger partial charge in [-0.2, -0.15) is 9.97 Å². The number of imidazole rings is 1. The molecule has 0 radical (unpaired) electrons. The Hall–Kier alpha value is -4.96. The third kappa shape index (κ3) is 7.54. The topological polar surface area (TPSA) is 220 Å². The minimum atomic E-state index is -1.30. The molecule has 4 heterocycles. The molecule has 49 heavy (non-hydrogen) atoms. The predicted molar refractivity (Wildman–Crippen MR) is 180 cm³/mol. The summed E-state index contributed by atoms with van der Waals surface area (Å²) in [7, 11) is 0. The van der Waals surface area contributed by atoms with Crippen LogP contribution in [0.15, 0.2) is 71.4 Å². The van der Waals surface area contributed by atoms with E-state index in [9.17, 15) is 10.2 Å². The Balaban J connectivity index is 0.00000134. The Bertz CT molecular complexity index is 1760. The molecular weight excluding hydrogens is 630 g/mol. The quantitative estimate of drug-likeness (QED) is 0.117. The number of nitrogens with two attached hydrogens (primary N) is 1. The number of fused-ring (bicyclic) bond motifs is 1. The van der Waals surface area contributed by atoms with Crippen LogP contribution >= 0.6 is 0 Å². The van der Waals surface area contributed by atoms with E-state index in [0.29, 0.717) is 41.8 Å². The fourth-order valence-electron chi connectivity index (χ4n) is 6.35. The van der Waals surface area contributed by atoms with Crippen LogP contribution in [0, 0.1) is 0 Å². The first-order valence-corrected chi connectivity index (χ1v) is 16.4. The van der Waals surface area contributed by atoms with Crippen molar-refractivity contribution in [3.63, 3.8) is 0 Å². The van der Waals surface area contributed by atoms with Gasteiger partial charge in [-0.15, -0.1) is 10.2 Å². The molecule has 7 rings (SSSR count). The summed E-state index contributed by atoms with van der Waals surface area (Å²) in [5.74, 6) is 1.55. The third-order valence-corrected chi connectivity index (χ3v) is 8.94. The van der Waals surface area contributed by atoms with Crippen molar-refractivity contribution in [1.29, 1.82) is 0 Å². The summed E-state index contributed by atoms with van der Waals surface area (Å²) < 4.78 is 13.4. The molecule has 1 saturated carbocycles. The molecule has 15 nitrogen and oxygen atoms in total. The largest absolute Gasteiger partial charge is 0.483 e. The first kappa shape index (κ1) is 33.9. The lowest BCUT2D eigenvalue weighted by Gasteiger charge is -2.27. The predicted octanol–water partition coefficient (Wildman–Crippen LogP) is 3.39. The summed E-state index contributed by atoms with van der Waals surface area (Å²) in [6, 6.07) is 21.1. The van der Waals surface area contributed by atoms with Crippen LogP contribution in [0.3, 0.4) is 0 Å². The number of ether oxygens (including phenoxy) is 1. The van der Waals surface area contributed by atoms with E-state index in [1.165, 1.54) is 11.1 Å². The Labute approximate surface area is 282 Å². The summed E-state index contributed by atoms with van der Waals surface area (Å²) >= 11 is 0. The molecule has 0 amide bonds. The summed E-state index contributed by atoms with van der Waals surface area (Å²) in [5.41, 5.74) is 9.46. The maximum absolute atomic E-state index is 11.1. The van der Waals surface area contributed by atoms with Crippen molar-refractivity contribution in [3.05, 3.63) is 89.9 Å². The zero-order valence-corrected chi connectivity index (χ0v) is 27.0. The normalized spacial score (nSPS) is 23.6. The molecule has 1 aliphatic carbocycles. The molecule has 0 spiro atoms. The van der Waals surface area contributed by atoms with E-state index in [1.807, 2.05) is 43.3 Å². The number of benzene rings is 2. The Morgan fingerprint density at radius 3 is 2.24 bits per heavy atom. The minimum Gasteiger partial charge on any atom is -0.483 e. The highest BCUT2D eigenvalue weighted by molar-refractivity contribution is 5.84. The van der Waals surface area contributed by atoms with Crippen LogP contribution in [0.2, 0.25) is 0 Å². The fourth-order valence-corrected chi connectivity index (χ4v) is 6.35. The first-order valence-electron chi connectivity index (χ1n) is 16.4. The van der Waals surface area contributed by atoms with E-state index in [2.05, 4.69) is 50.1 Å². The second kappa shape index (κ2) is 15.5. The average molecular weight is 672 g/mol. The van der Waals surface area contributed by atoms with E-state index in [4.69, 9.17) is 34.8 Å². The number of nitrogens with one attached hydrogen (secondary N) is 2. The number of aliphatic hydroxyl groups is 2. The van der Waals surface area contributed by atoms with Gasteiger partial charge in [0.25, 0.3) is 6.47 Å². The first-order chi connectivity index (χ1) is 23.9. The smallest absolute Gasteiger partial charge is 0.290 e. The molecule has 0 bridgehead atoms. The molecule has 5 aromatic rings. The fraction of sp³-hybridized carbons (Fsp3) is 0.412. The highest BCUT2D eigenvalue weighted by atomic mass is 16.6. The van der Waals surface area contributed by atoms with Gasteiger partial charge in [0.1, 0.15) is 12.2 Å². The standard InChI is InChI=1S/C33H39N9O4.CH2O2/c1-2-24-40-41-31(45-24)28-26(43)27(44)32(46-28)42-18-36-25-29(38-33(39-30(25)42)37-22-15-13-21(34)14-16-22)35-17-23(19-9-5-3-6-10-19)20-11-7-4-8-12-20;2-1-3/h3-12,18,21-23,26-28,32,43-44H,2,13-17,34H2,1H3,(H2,35,37,38,39);1H,(H,2,3)/t21-,22-,26-,27+,28-,32+;/m0./s1. The second-order valence-electron chi connectivity index (χ2n) is 12.2. The number of aliphatic hydroxyl groups excluding tert-OH is 2. The van der Waals surface area contributed by atoms with Crippen molar-refractivity contribution < 1.29 is 29.3 Å². The van der Waals surface area contributed by atoms with Gasteiger partial charge in [0.05, 0.1) is 6.33 Å². The molecule has 258 valence electrons. The van der Waals surface area contributed by atoms with Crippen LogP contribution in [0.5, 0.6) is 0 Å². The van der Waals surface area contributed by atoms with E-state index in [-0.39, 0.29) is 30.4 Å².